The number of hydrogen-bond donors (Lipinski definition) is 2. The SMILES string of the molecule is Nc1nc(Cl)cc(-c2nn(C(F)F)cc2Cc2cc(C(=O)O)ccc2C2CC2)n1. The van der Waals surface area contributed by atoms with Crippen molar-refractivity contribution in [3.8, 4) is 11.4 Å². The lowest BCUT2D eigenvalue weighted by atomic mass is 9.94. The second-order valence-electron chi connectivity index (χ2n) is 6.86. The van der Waals surface area contributed by atoms with E-state index in [-0.39, 0.29) is 34.5 Å². The molecular weight excluding hydrogens is 404 g/mol. The van der Waals surface area contributed by atoms with Crippen LogP contribution in [0.2, 0.25) is 5.15 Å². The molecule has 0 aliphatic heterocycles. The van der Waals surface area contributed by atoms with Crippen molar-refractivity contribution in [2.45, 2.75) is 31.7 Å². The van der Waals surface area contributed by atoms with Crippen LogP contribution in [0, 0.1) is 0 Å². The number of aromatic nitrogens is 4. The number of carboxylic acids is 1. The van der Waals surface area contributed by atoms with Crippen LogP contribution in [0.25, 0.3) is 11.4 Å². The Bertz CT molecular complexity index is 1080. The molecular formula is C19H16ClF2N5O2. The van der Waals surface area contributed by atoms with Crippen molar-refractivity contribution >= 4 is 23.5 Å². The van der Waals surface area contributed by atoms with Gasteiger partial charge in [-0.1, -0.05) is 17.7 Å². The highest BCUT2D eigenvalue weighted by molar-refractivity contribution is 6.29. The normalized spacial score (nSPS) is 13.8. The van der Waals surface area contributed by atoms with E-state index in [0.717, 1.165) is 24.0 Å². The van der Waals surface area contributed by atoms with Gasteiger partial charge in [0, 0.05) is 24.2 Å². The molecule has 0 unspecified atom stereocenters. The highest BCUT2D eigenvalue weighted by Gasteiger charge is 2.27. The fourth-order valence-corrected chi connectivity index (χ4v) is 3.51. The first kappa shape index (κ1) is 19.3. The van der Waals surface area contributed by atoms with Crippen LogP contribution in [-0.4, -0.2) is 30.8 Å². The molecule has 0 atom stereocenters. The Balaban J connectivity index is 1.81. The molecule has 3 aromatic rings. The van der Waals surface area contributed by atoms with Crippen molar-refractivity contribution in [1.29, 1.82) is 0 Å². The van der Waals surface area contributed by atoms with Crippen LogP contribution in [0.5, 0.6) is 0 Å². The van der Waals surface area contributed by atoms with E-state index >= 15 is 0 Å². The summed E-state index contributed by atoms with van der Waals surface area (Å²) in [6.45, 7) is -2.84. The van der Waals surface area contributed by atoms with Crippen molar-refractivity contribution in [3.05, 3.63) is 57.9 Å². The molecule has 1 fully saturated rings. The number of rotatable bonds is 6. The van der Waals surface area contributed by atoms with Crippen LogP contribution in [0.1, 0.15) is 52.4 Å². The Hall–Kier alpha value is -3.07. The summed E-state index contributed by atoms with van der Waals surface area (Å²) < 4.78 is 27.1. The summed E-state index contributed by atoms with van der Waals surface area (Å²) in [7, 11) is 0. The van der Waals surface area contributed by atoms with Crippen LogP contribution in [0.4, 0.5) is 14.7 Å². The van der Waals surface area contributed by atoms with Crippen LogP contribution in [0.3, 0.4) is 0 Å². The number of carboxylic acid groups (broad SMARTS) is 1. The van der Waals surface area contributed by atoms with Gasteiger partial charge in [-0.3, -0.25) is 0 Å². The Morgan fingerprint density at radius 1 is 1.28 bits per heavy atom. The quantitative estimate of drug-likeness (QED) is 0.581. The van der Waals surface area contributed by atoms with Gasteiger partial charge in [0.1, 0.15) is 10.8 Å². The van der Waals surface area contributed by atoms with E-state index in [1.54, 1.807) is 18.2 Å². The minimum absolute atomic E-state index is 0.0663. The third-order valence-electron chi connectivity index (χ3n) is 4.75. The maximum Gasteiger partial charge on any atom is 0.335 e. The molecule has 150 valence electrons. The summed E-state index contributed by atoms with van der Waals surface area (Å²) in [5.74, 6) is -0.797. The number of nitrogens with two attached hydrogens (primary N) is 1. The van der Waals surface area contributed by atoms with Gasteiger partial charge in [-0.05, 0) is 42.0 Å². The van der Waals surface area contributed by atoms with Gasteiger partial charge < -0.3 is 10.8 Å². The van der Waals surface area contributed by atoms with E-state index in [0.29, 0.717) is 16.2 Å². The largest absolute Gasteiger partial charge is 0.478 e. The number of hydrogen-bond acceptors (Lipinski definition) is 5. The highest BCUT2D eigenvalue weighted by atomic mass is 35.5. The van der Waals surface area contributed by atoms with Gasteiger partial charge in [0.25, 0.3) is 0 Å². The first-order chi connectivity index (χ1) is 13.8. The van der Waals surface area contributed by atoms with Gasteiger partial charge >= 0.3 is 12.5 Å². The smallest absolute Gasteiger partial charge is 0.335 e. The number of halogens is 3. The topological polar surface area (TPSA) is 107 Å². The minimum Gasteiger partial charge on any atom is -0.478 e. The molecule has 0 radical (unpaired) electrons. The molecule has 0 bridgehead atoms. The Morgan fingerprint density at radius 2 is 2.03 bits per heavy atom. The lowest BCUT2D eigenvalue weighted by molar-refractivity contribution is 0.0567. The molecule has 1 aliphatic carbocycles. The summed E-state index contributed by atoms with van der Waals surface area (Å²) in [6.07, 6.45) is 3.48. The molecule has 29 heavy (non-hydrogen) atoms. The second kappa shape index (κ2) is 7.40. The first-order valence-corrected chi connectivity index (χ1v) is 9.22. The number of nitrogens with zero attached hydrogens (tertiary/aromatic N) is 4. The number of nitrogen functional groups attached to an aromatic ring is 1. The maximum absolute atomic E-state index is 13.3. The van der Waals surface area contributed by atoms with Crippen LogP contribution in [0.15, 0.2) is 30.5 Å². The summed E-state index contributed by atoms with van der Waals surface area (Å²) in [6, 6.07) is 6.34. The number of alkyl halides is 2. The summed E-state index contributed by atoms with van der Waals surface area (Å²) in [5, 5.41) is 13.3. The minimum atomic E-state index is -2.84. The van der Waals surface area contributed by atoms with Crippen LogP contribution in [-0.2, 0) is 6.42 Å². The number of benzene rings is 1. The first-order valence-electron chi connectivity index (χ1n) is 8.84. The van der Waals surface area contributed by atoms with E-state index in [1.807, 2.05) is 0 Å². The fraction of sp³-hybridized carbons (Fsp3) is 0.263. The third kappa shape index (κ3) is 4.04. The molecule has 0 amide bonds. The Morgan fingerprint density at radius 3 is 2.66 bits per heavy atom. The van der Waals surface area contributed by atoms with E-state index in [2.05, 4.69) is 15.1 Å². The van der Waals surface area contributed by atoms with E-state index in [1.165, 1.54) is 12.3 Å². The zero-order valence-electron chi connectivity index (χ0n) is 15.0. The average molecular weight is 420 g/mol. The lowest BCUT2D eigenvalue weighted by Crippen LogP contribution is -2.02. The average Bonchev–Trinajstić information content (AvgIpc) is 3.40. The van der Waals surface area contributed by atoms with Gasteiger partial charge in [0.15, 0.2) is 0 Å². The molecule has 1 saturated carbocycles. The van der Waals surface area contributed by atoms with Crippen molar-refractivity contribution in [1.82, 2.24) is 19.7 Å². The monoisotopic (exact) mass is 419 g/mol. The summed E-state index contributed by atoms with van der Waals surface area (Å²) in [5.41, 5.74) is 8.44. The van der Waals surface area contributed by atoms with Gasteiger partial charge in [-0.2, -0.15) is 13.9 Å². The Kier molecular flexibility index (Phi) is 4.91. The summed E-state index contributed by atoms with van der Waals surface area (Å²) >= 11 is 5.93. The standard InChI is InChI=1S/C19H16ClF2N5O2/c20-15-7-14(24-19(23)25-15)16-12(8-27(26-16)18(21)22)6-11-5-10(17(28)29)3-4-13(11)9-1-2-9/h3-5,7-9,18H,1-2,6H2,(H,28,29)(H2,23,24,25). The number of carbonyl (C=O) groups is 1. The van der Waals surface area contributed by atoms with Gasteiger partial charge in [0.05, 0.1) is 11.3 Å². The fourth-order valence-electron chi connectivity index (χ4n) is 3.32. The molecule has 4 rings (SSSR count). The molecule has 3 N–H and O–H groups in total. The van der Waals surface area contributed by atoms with E-state index < -0.39 is 12.5 Å². The molecule has 2 heterocycles. The van der Waals surface area contributed by atoms with Gasteiger partial charge in [-0.15, -0.1) is 0 Å². The van der Waals surface area contributed by atoms with Crippen molar-refractivity contribution in [3.63, 3.8) is 0 Å². The highest BCUT2D eigenvalue weighted by Crippen LogP contribution is 2.42. The Labute approximate surface area is 169 Å². The van der Waals surface area contributed by atoms with Crippen molar-refractivity contribution < 1.29 is 18.7 Å². The molecule has 7 nitrogen and oxygen atoms in total. The maximum atomic E-state index is 13.3. The second-order valence-corrected chi connectivity index (χ2v) is 7.25. The lowest BCUT2D eigenvalue weighted by Gasteiger charge is -2.10. The molecule has 0 saturated heterocycles. The predicted molar refractivity (Wildman–Crippen MR) is 102 cm³/mol. The third-order valence-corrected chi connectivity index (χ3v) is 4.94. The molecule has 10 heteroatoms. The molecule has 1 aromatic carbocycles. The van der Waals surface area contributed by atoms with Gasteiger partial charge in [-0.25, -0.2) is 19.4 Å². The molecule has 0 spiro atoms. The van der Waals surface area contributed by atoms with Crippen LogP contribution < -0.4 is 5.73 Å². The summed E-state index contributed by atoms with van der Waals surface area (Å²) in [4.78, 5) is 19.2. The molecule has 1 aliphatic rings. The zero-order valence-corrected chi connectivity index (χ0v) is 15.8. The predicted octanol–water partition coefficient (Wildman–Crippen LogP) is 4.14. The number of aromatic carboxylic acids is 1. The van der Waals surface area contributed by atoms with Crippen molar-refractivity contribution in [2.75, 3.05) is 5.73 Å². The van der Waals surface area contributed by atoms with Crippen molar-refractivity contribution in [2.24, 2.45) is 0 Å². The van der Waals surface area contributed by atoms with Gasteiger partial charge in [0.2, 0.25) is 5.95 Å². The number of anilines is 1. The zero-order chi connectivity index (χ0) is 20.7. The van der Waals surface area contributed by atoms with Crippen LogP contribution >= 0.6 is 11.6 Å². The van der Waals surface area contributed by atoms with E-state index in [4.69, 9.17) is 17.3 Å². The molecule has 2 aromatic heterocycles. The van der Waals surface area contributed by atoms with E-state index in [9.17, 15) is 18.7 Å².